The Morgan fingerprint density at radius 1 is 0.750 bits per heavy atom. The zero-order valence-electron chi connectivity index (χ0n) is 15.7. The Labute approximate surface area is 168 Å². The third-order valence-electron chi connectivity index (χ3n) is 3.75. The van der Waals surface area contributed by atoms with Gasteiger partial charge < -0.3 is 27.1 Å². The first-order chi connectivity index (χ1) is 13.7. The fraction of sp³-hybridized carbons (Fsp3) is 0.300. The van der Waals surface area contributed by atoms with Crippen molar-refractivity contribution in [3.05, 3.63) is 73.3 Å². The molecule has 28 heavy (non-hydrogen) atoms. The molecule has 2 fully saturated rings. The first kappa shape index (κ1) is 21.2. The third-order valence-corrected chi connectivity index (χ3v) is 5.83. The second-order valence-corrected chi connectivity index (χ2v) is 8.55. The van der Waals surface area contributed by atoms with Crippen molar-refractivity contribution in [1.29, 1.82) is 0 Å². The van der Waals surface area contributed by atoms with Gasteiger partial charge in [-0.05, 0) is 31.2 Å². The lowest BCUT2D eigenvalue weighted by molar-refractivity contribution is -0.0672. The molecule has 0 unspecified atom stereocenters. The molecule has 150 valence electrons. The average molecular weight is 422 g/mol. The molecule has 2 aromatic carbocycles. The minimum atomic E-state index is -1.39. The molecular weight excluding hydrogens is 398 g/mol. The summed E-state index contributed by atoms with van der Waals surface area (Å²) in [5.41, 5.74) is -0.308. The molecule has 2 saturated heterocycles. The number of hydrogen-bond acceptors (Lipinski definition) is 6. The number of rotatable bonds is 4. The van der Waals surface area contributed by atoms with Gasteiger partial charge in [-0.1, -0.05) is 42.5 Å². The van der Waals surface area contributed by atoms with Crippen molar-refractivity contribution in [3.63, 3.8) is 0 Å². The predicted molar refractivity (Wildman–Crippen MR) is 110 cm³/mol. The summed E-state index contributed by atoms with van der Waals surface area (Å²) in [6.07, 6.45) is 1.75. The van der Waals surface area contributed by atoms with Gasteiger partial charge in [0.1, 0.15) is 11.5 Å². The lowest BCUT2D eigenvalue weighted by Gasteiger charge is -2.41. The van der Waals surface area contributed by atoms with Crippen molar-refractivity contribution in [1.82, 2.24) is 0 Å². The summed E-state index contributed by atoms with van der Waals surface area (Å²) in [7, 11) is -2.77. The summed E-state index contributed by atoms with van der Waals surface area (Å²) in [5, 5.41) is 0. The first-order valence-electron chi connectivity index (χ1n) is 8.88. The molecule has 0 N–H and O–H groups in total. The summed E-state index contributed by atoms with van der Waals surface area (Å²) in [5.74, 6) is 1.47. The van der Waals surface area contributed by atoms with Crippen LogP contribution in [-0.2, 0) is 18.1 Å². The molecule has 4 rings (SSSR count). The Bertz CT molecular complexity index is 636. The van der Waals surface area contributed by atoms with Gasteiger partial charge in [0.05, 0.1) is 31.8 Å². The van der Waals surface area contributed by atoms with E-state index in [4.69, 9.17) is 27.1 Å². The molecule has 2 heterocycles. The standard InChI is InChI=1S/C17H18O6P2.C3H6/c1-3-7-15(8-4-1)22-24-18-11-17(12-19-24)13-20-25(21-14-17)23-16-9-5-2-6-10-16;1-3-2/h1-10H,11-14H2;3H,1H2,2H3. The highest BCUT2D eigenvalue weighted by molar-refractivity contribution is 7.42. The lowest BCUT2D eigenvalue weighted by atomic mass is 9.93. The van der Waals surface area contributed by atoms with Gasteiger partial charge in [0.2, 0.25) is 0 Å². The van der Waals surface area contributed by atoms with E-state index in [2.05, 4.69) is 6.58 Å². The number of allylic oxidation sites excluding steroid dienone is 1. The monoisotopic (exact) mass is 422 g/mol. The first-order valence-corrected chi connectivity index (χ1v) is 11.1. The van der Waals surface area contributed by atoms with Crippen molar-refractivity contribution in [3.8, 4) is 11.5 Å². The van der Waals surface area contributed by atoms with Crippen LogP contribution in [0.2, 0.25) is 0 Å². The molecule has 0 aliphatic carbocycles. The van der Waals surface area contributed by atoms with Crippen molar-refractivity contribution < 1.29 is 27.1 Å². The van der Waals surface area contributed by atoms with Crippen LogP contribution in [0, 0.1) is 5.41 Å². The zero-order valence-corrected chi connectivity index (χ0v) is 17.5. The molecule has 0 amide bonds. The van der Waals surface area contributed by atoms with Crippen LogP contribution in [0.25, 0.3) is 0 Å². The smallest absolute Gasteiger partial charge is 0.397 e. The summed E-state index contributed by atoms with van der Waals surface area (Å²) >= 11 is 0. The van der Waals surface area contributed by atoms with Crippen LogP contribution in [0.4, 0.5) is 0 Å². The normalized spacial score (nSPS) is 26.6. The molecule has 6 nitrogen and oxygen atoms in total. The van der Waals surface area contributed by atoms with E-state index >= 15 is 0 Å². The van der Waals surface area contributed by atoms with E-state index in [-0.39, 0.29) is 5.41 Å². The van der Waals surface area contributed by atoms with Crippen molar-refractivity contribution in [2.45, 2.75) is 6.92 Å². The highest BCUT2D eigenvalue weighted by Crippen LogP contribution is 2.52. The number of benzene rings is 2. The van der Waals surface area contributed by atoms with E-state index < -0.39 is 17.2 Å². The van der Waals surface area contributed by atoms with E-state index in [0.717, 1.165) is 11.5 Å². The Balaban J connectivity index is 0.000000706. The Hall–Kier alpha value is -1.52. The Kier molecular flexibility index (Phi) is 8.23. The topological polar surface area (TPSA) is 55.4 Å². The largest absolute Gasteiger partial charge is 0.427 e. The molecule has 2 aromatic rings. The zero-order chi connectivity index (χ0) is 19.7. The van der Waals surface area contributed by atoms with Crippen LogP contribution in [0.1, 0.15) is 6.92 Å². The summed E-state index contributed by atoms with van der Waals surface area (Å²) < 4.78 is 34.4. The molecule has 0 radical (unpaired) electrons. The van der Waals surface area contributed by atoms with E-state index in [1.807, 2.05) is 67.6 Å². The molecule has 0 atom stereocenters. The van der Waals surface area contributed by atoms with Crippen LogP contribution in [0.5, 0.6) is 11.5 Å². The molecule has 0 bridgehead atoms. The van der Waals surface area contributed by atoms with Crippen LogP contribution in [-0.4, -0.2) is 26.4 Å². The minimum Gasteiger partial charge on any atom is -0.427 e. The second kappa shape index (κ2) is 10.9. The molecular formula is C20H24O6P2. The van der Waals surface area contributed by atoms with Crippen LogP contribution in [0.15, 0.2) is 73.3 Å². The SMILES string of the molecule is C=CC.c1ccc(OP2OCC3(CO2)COP(Oc2ccccc2)OC3)cc1. The summed E-state index contributed by atoms with van der Waals surface area (Å²) in [4.78, 5) is 0. The second-order valence-electron chi connectivity index (χ2n) is 6.26. The average Bonchev–Trinajstić information content (AvgIpc) is 2.74. The van der Waals surface area contributed by atoms with Gasteiger partial charge in [-0.25, -0.2) is 0 Å². The fourth-order valence-electron chi connectivity index (χ4n) is 2.32. The molecule has 2 aliphatic rings. The van der Waals surface area contributed by atoms with E-state index in [1.165, 1.54) is 0 Å². The number of hydrogen-bond donors (Lipinski definition) is 0. The fourth-order valence-corrected chi connectivity index (χ4v) is 4.79. The quantitative estimate of drug-likeness (QED) is 0.454. The van der Waals surface area contributed by atoms with Gasteiger partial charge in [-0.2, -0.15) is 0 Å². The van der Waals surface area contributed by atoms with Crippen molar-refractivity contribution >= 4 is 17.2 Å². The Morgan fingerprint density at radius 2 is 1.07 bits per heavy atom. The maximum atomic E-state index is 5.76. The van der Waals surface area contributed by atoms with Crippen molar-refractivity contribution in [2.75, 3.05) is 26.4 Å². The van der Waals surface area contributed by atoms with Crippen molar-refractivity contribution in [2.24, 2.45) is 5.41 Å². The van der Waals surface area contributed by atoms with Gasteiger partial charge in [0.15, 0.2) is 0 Å². The molecule has 2 aliphatic heterocycles. The van der Waals surface area contributed by atoms with Gasteiger partial charge in [0.25, 0.3) is 0 Å². The van der Waals surface area contributed by atoms with Gasteiger partial charge in [0, 0.05) is 0 Å². The molecule has 0 aromatic heterocycles. The van der Waals surface area contributed by atoms with Gasteiger partial charge in [-0.3, -0.25) is 0 Å². The van der Waals surface area contributed by atoms with Crippen LogP contribution >= 0.6 is 17.2 Å². The predicted octanol–water partition coefficient (Wildman–Crippen LogP) is 5.87. The highest BCUT2D eigenvalue weighted by atomic mass is 31.2. The molecule has 1 spiro atoms. The van der Waals surface area contributed by atoms with Gasteiger partial charge >= 0.3 is 17.2 Å². The molecule has 0 saturated carbocycles. The summed E-state index contributed by atoms with van der Waals surface area (Å²) in [6.45, 7) is 7.14. The van der Waals surface area contributed by atoms with E-state index in [9.17, 15) is 0 Å². The Morgan fingerprint density at radius 3 is 1.39 bits per heavy atom. The maximum Gasteiger partial charge on any atom is 0.397 e. The number of para-hydroxylation sites is 2. The van der Waals surface area contributed by atoms with Crippen LogP contribution in [0.3, 0.4) is 0 Å². The minimum absolute atomic E-state index is 0.308. The molecule has 8 heteroatoms. The highest BCUT2D eigenvalue weighted by Gasteiger charge is 2.44. The van der Waals surface area contributed by atoms with Gasteiger partial charge in [-0.15, -0.1) is 6.58 Å². The van der Waals surface area contributed by atoms with E-state index in [1.54, 1.807) is 6.08 Å². The maximum absolute atomic E-state index is 5.76. The van der Waals surface area contributed by atoms with Crippen LogP contribution < -0.4 is 9.05 Å². The lowest BCUT2D eigenvalue weighted by Crippen LogP contribution is -2.45. The van der Waals surface area contributed by atoms with E-state index in [0.29, 0.717) is 26.4 Å². The summed E-state index contributed by atoms with van der Waals surface area (Å²) in [6, 6.07) is 19.0. The third kappa shape index (κ3) is 6.25.